The number of nitriles is 1. The van der Waals surface area contributed by atoms with Gasteiger partial charge < -0.3 is 4.74 Å². The molecule has 2 atom stereocenters. The number of hydrogen-bond acceptors (Lipinski definition) is 5. The summed E-state index contributed by atoms with van der Waals surface area (Å²) in [5.41, 5.74) is 1.05. The number of halogens is 1. The summed E-state index contributed by atoms with van der Waals surface area (Å²) in [5.74, 6) is -0.406. The van der Waals surface area contributed by atoms with Crippen LogP contribution in [0.3, 0.4) is 0 Å². The summed E-state index contributed by atoms with van der Waals surface area (Å²) in [6.07, 6.45) is 0.551. The van der Waals surface area contributed by atoms with Gasteiger partial charge in [-0.2, -0.15) is 5.26 Å². The number of sulfonamides is 1. The van der Waals surface area contributed by atoms with Crippen molar-refractivity contribution in [3.8, 4) is 11.8 Å². The van der Waals surface area contributed by atoms with Crippen LogP contribution >= 0.6 is 11.6 Å². The normalized spacial score (nSPS) is 18.7. The highest BCUT2D eigenvalue weighted by atomic mass is 35.5. The van der Waals surface area contributed by atoms with Gasteiger partial charge in [0, 0.05) is 5.92 Å². The molecule has 3 rings (SSSR count). The fourth-order valence-electron chi connectivity index (χ4n) is 2.82. The van der Waals surface area contributed by atoms with Crippen molar-refractivity contribution in [1.82, 2.24) is 4.72 Å². The van der Waals surface area contributed by atoms with E-state index in [2.05, 4.69) is 4.72 Å². The summed E-state index contributed by atoms with van der Waals surface area (Å²) in [6, 6.07) is 12.9. The molecular formula is C18H15ClN2O4S. The van der Waals surface area contributed by atoms with Crippen molar-refractivity contribution in [3.63, 3.8) is 0 Å². The molecule has 2 aromatic rings. The Bertz CT molecular complexity index is 1010. The lowest BCUT2D eigenvalue weighted by Crippen LogP contribution is -2.32. The van der Waals surface area contributed by atoms with Crippen LogP contribution in [0.15, 0.2) is 47.4 Å². The van der Waals surface area contributed by atoms with Gasteiger partial charge in [0.25, 0.3) is 10.0 Å². The second kappa shape index (κ2) is 6.98. The SMILES string of the molecule is COc1ccccc1C1CC1C(=O)NS(=O)(=O)c1ccc(C#N)c(Cl)c1. The Morgan fingerprint density at radius 1 is 1.31 bits per heavy atom. The van der Waals surface area contributed by atoms with E-state index in [1.807, 2.05) is 24.3 Å². The lowest BCUT2D eigenvalue weighted by atomic mass is 10.1. The fraction of sp³-hybridized carbons (Fsp3) is 0.222. The summed E-state index contributed by atoms with van der Waals surface area (Å²) < 4.78 is 32.2. The predicted molar refractivity (Wildman–Crippen MR) is 95.3 cm³/mol. The van der Waals surface area contributed by atoms with Crippen LogP contribution in [0.1, 0.15) is 23.5 Å². The Balaban J connectivity index is 1.74. The Kier molecular flexibility index (Phi) is 4.90. The minimum absolute atomic E-state index is 0.0149. The molecule has 0 radical (unpaired) electrons. The molecule has 8 heteroatoms. The second-order valence-electron chi connectivity index (χ2n) is 5.91. The third kappa shape index (κ3) is 3.52. The van der Waals surface area contributed by atoms with Crippen LogP contribution in [0.2, 0.25) is 5.02 Å². The zero-order valence-electron chi connectivity index (χ0n) is 13.8. The largest absolute Gasteiger partial charge is 0.496 e. The number of carbonyl (C=O) groups is 1. The summed E-state index contributed by atoms with van der Waals surface area (Å²) in [4.78, 5) is 12.2. The van der Waals surface area contributed by atoms with Crippen molar-refractivity contribution < 1.29 is 17.9 Å². The molecular weight excluding hydrogens is 376 g/mol. The first-order valence-electron chi connectivity index (χ1n) is 7.76. The zero-order chi connectivity index (χ0) is 18.9. The predicted octanol–water partition coefficient (Wildman–Crippen LogP) is 2.83. The molecule has 0 aliphatic heterocycles. The van der Waals surface area contributed by atoms with E-state index >= 15 is 0 Å². The zero-order valence-corrected chi connectivity index (χ0v) is 15.3. The van der Waals surface area contributed by atoms with Gasteiger partial charge in [-0.1, -0.05) is 29.8 Å². The number of nitrogens with zero attached hydrogens (tertiary/aromatic N) is 1. The maximum Gasteiger partial charge on any atom is 0.264 e. The van der Waals surface area contributed by atoms with Gasteiger partial charge in [0.05, 0.1) is 22.6 Å². The standard InChI is InChI=1S/C18H15ClN2O4S/c1-25-17-5-3-2-4-13(17)14-9-15(14)18(22)21-26(23,24)12-7-6-11(10-20)16(19)8-12/h2-8,14-15H,9H2,1H3,(H,21,22). The highest BCUT2D eigenvalue weighted by Gasteiger charge is 2.46. The molecule has 26 heavy (non-hydrogen) atoms. The number of carbonyl (C=O) groups excluding carboxylic acids is 1. The molecule has 1 aliphatic rings. The molecule has 134 valence electrons. The third-order valence-electron chi connectivity index (χ3n) is 4.27. The summed E-state index contributed by atoms with van der Waals surface area (Å²) in [6.45, 7) is 0. The minimum atomic E-state index is -4.06. The van der Waals surface area contributed by atoms with Crippen LogP contribution in [-0.2, 0) is 14.8 Å². The van der Waals surface area contributed by atoms with Gasteiger partial charge in [0.15, 0.2) is 0 Å². The molecule has 1 aliphatic carbocycles. The van der Waals surface area contributed by atoms with Gasteiger partial charge in [0.2, 0.25) is 5.91 Å². The van der Waals surface area contributed by atoms with E-state index < -0.39 is 21.8 Å². The van der Waals surface area contributed by atoms with Crippen LogP contribution < -0.4 is 9.46 Å². The Morgan fingerprint density at radius 2 is 2.04 bits per heavy atom. The maximum atomic E-state index is 12.4. The van der Waals surface area contributed by atoms with Gasteiger partial charge >= 0.3 is 0 Å². The average molecular weight is 391 g/mol. The van der Waals surface area contributed by atoms with E-state index in [0.29, 0.717) is 12.2 Å². The smallest absolute Gasteiger partial charge is 0.264 e. The van der Waals surface area contributed by atoms with Crippen molar-refractivity contribution in [2.75, 3.05) is 7.11 Å². The van der Waals surface area contributed by atoms with E-state index in [1.165, 1.54) is 12.1 Å². The van der Waals surface area contributed by atoms with Crippen molar-refractivity contribution in [1.29, 1.82) is 5.26 Å². The van der Waals surface area contributed by atoms with Gasteiger partial charge in [-0.25, -0.2) is 13.1 Å². The molecule has 0 aromatic heterocycles. The lowest BCUT2D eigenvalue weighted by Gasteiger charge is -2.09. The molecule has 1 N–H and O–H groups in total. The van der Waals surface area contributed by atoms with Crippen LogP contribution in [0.25, 0.3) is 0 Å². The van der Waals surface area contributed by atoms with E-state index in [4.69, 9.17) is 21.6 Å². The first-order valence-corrected chi connectivity index (χ1v) is 9.62. The molecule has 6 nitrogen and oxygen atoms in total. The van der Waals surface area contributed by atoms with E-state index in [0.717, 1.165) is 11.6 Å². The highest BCUT2D eigenvalue weighted by molar-refractivity contribution is 7.90. The first-order chi connectivity index (χ1) is 12.4. The summed E-state index contributed by atoms with van der Waals surface area (Å²) in [7, 11) is -2.51. The second-order valence-corrected chi connectivity index (χ2v) is 8.00. The Morgan fingerprint density at radius 3 is 2.69 bits per heavy atom. The summed E-state index contributed by atoms with van der Waals surface area (Å²) in [5, 5.41) is 8.87. The van der Waals surface area contributed by atoms with Crippen LogP contribution in [0, 0.1) is 17.2 Å². The molecule has 0 heterocycles. The highest BCUT2D eigenvalue weighted by Crippen LogP contribution is 2.50. The quantitative estimate of drug-likeness (QED) is 0.846. The maximum absolute atomic E-state index is 12.4. The molecule has 2 aromatic carbocycles. The molecule has 1 amide bonds. The third-order valence-corrected chi connectivity index (χ3v) is 5.93. The monoisotopic (exact) mass is 390 g/mol. The van der Waals surface area contributed by atoms with Gasteiger partial charge in [-0.3, -0.25) is 4.79 Å². The van der Waals surface area contributed by atoms with Gasteiger partial charge in [-0.15, -0.1) is 0 Å². The topological polar surface area (TPSA) is 96.3 Å². The number of nitrogens with one attached hydrogen (secondary N) is 1. The molecule has 0 spiro atoms. The molecule has 0 saturated heterocycles. The van der Waals surface area contributed by atoms with Gasteiger partial charge in [-0.05, 0) is 42.2 Å². The number of amides is 1. The Labute approximate surface area is 156 Å². The van der Waals surface area contributed by atoms with Gasteiger partial charge in [0.1, 0.15) is 11.8 Å². The number of ether oxygens (including phenoxy) is 1. The van der Waals surface area contributed by atoms with Crippen molar-refractivity contribution in [3.05, 3.63) is 58.6 Å². The number of methoxy groups -OCH3 is 1. The van der Waals surface area contributed by atoms with Crippen molar-refractivity contribution in [2.24, 2.45) is 5.92 Å². The fourth-order valence-corrected chi connectivity index (χ4v) is 4.16. The number of rotatable bonds is 5. The van der Waals surface area contributed by atoms with E-state index in [1.54, 1.807) is 13.2 Å². The van der Waals surface area contributed by atoms with E-state index in [-0.39, 0.29) is 21.4 Å². The van der Waals surface area contributed by atoms with Crippen LogP contribution in [0.5, 0.6) is 5.75 Å². The van der Waals surface area contributed by atoms with Crippen molar-refractivity contribution >= 4 is 27.5 Å². The van der Waals surface area contributed by atoms with Crippen LogP contribution in [0.4, 0.5) is 0 Å². The molecule has 2 unspecified atom stereocenters. The van der Waals surface area contributed by atoms with E-state index in [9.17, 15) is 13.2 Å². The van der Waals surface area contributed by atoms with Crippen LogP contribution in [-0.4, -0.2) is 21.4 Å². The number of benzene rings is 2. The summed E-state index contributed by atoms with van der Waals surface area (Å²) >= 11 is 5.87. The molecule has 0 bridgehead atoms. The number of para-hydroxylation sites is 1. The molecule has 1 saturated carbocycles. The Hall–Kier alpha value is -2.56. The van der Waals surface area contributed by atoms with Crippen molar-refractivity contribution in [2.45, 2.75) is 17.2 Å². The number of hydrogen-bond donors (Lipinski definition) is 1. The first kappa shape index (κ1) is 18.2. The minimum Gasteiger partial charge on any atom is -0.496 e. The average Bonchev–Trinajstić information content (AvgIpc) is 3.42. The molecule has 1 fully saturated rings. The lowest BCUT2D eigenvalue weighted by molar-refractivity contribution is -0.120.